The van der Waals surface area contributed by atoms with Crippen molar-refractivity contribution in [2.75, 3.05) is 11.9 Å². The fourth-order valence-electron chi connectivity index (χ4n) is 1.94. The Labute approximate surface area is 148 Å². The van der Waals surface area contributed by atoms with Crippen molar-refractivity contribution in [3.63, 3.8) is 0 Å². The third-order valence-corrected chi connectivity index (χ3v) is 5.21. The van der Waals surface area contributed by atoms with Crippen LogP contribution in [-0.4, -0.2) is 26.9 Å². The molecule has 0 saturated carbocycles. The lowest BCUT2D eigenvalue weighted by molar-refractivity contribution is 0.391. The van der Waals surface area contributed by atoms with Crippen LogP contribution < -0.4 is 5.32 Å². The fraction of sp³-hybridized carbons (Fsp3) is 0.250. The van der Waals surface area contributed by atoms with Crippen LogP contribution in [-0.2, 0) is 12.2 Å². The third kappa shape index (κ3) is 4.21. The standard InChI is InChI=1S/C16H17N5OS2/c1-3-9-17-15-19-20-16(24-15)23-10-13-18-14(21-22-13)12-7-5-11(4-2)6-8-12/h3,5-8H,1,4,9-10H2,2H3,(H,17,19). The molecule has 2 heterocycles. The van der Waals surface area contributed by atoms with Crippen molar-refractivity contribution in [1.29, 1.82) is 0 Å². The van der Waals surface area contributed by atoms with Crippen molar-refractivity contribution in [3.8, 4) is 11.4 Å². The van der Waals surface area contributed by atoms with Gasteiger partial charge in [0.2, 0.25) is 16.8 Å². The molecule has 0 amide bonds. The lowest BCUT2D eigenvalue weighted by atomic mass is 10.1. The van der Waals surface area contributed by atoms with Crippen LogP contribution in [0.15, 0.2) is 45.8 Å². The van der Waals surface area contributed by atoms with Gasteiger partial charge in [0.15, 0.2) is 4.34 Å². The zero-order valence-corrected chi connectivity index (χ0v) is 14.9. The first-order valence-corrected chi connectivity index (χ1v) is 9.31. The molecule has 1 aromatic carbocycles. The molecule has 2 aromatic heterocycles. The van der Waals surface area contributed by atoms with Gasteiger partial charge in [0, 0.05) is 12.1 Å². The van der Waals surface area contributed by atoms with E-state index in [0.29, 0.717) is 24.0 Å². The Morgan fingerprint density at radius 2 is 2.12 bits per heavy atom. The number of hydrogen-bond donors (Lipinski definition) is 1. The van der Waals surface area contributed by atoms with Gasteiger partial charge >= 0.3 is 0 Å². The van der Waals surface area contributed by atoms with E-state index in [2.05, 4.69) is 51.3 Å². The van der Waals surface area contributed by atoms with Gasteiger partial charge in [-0.2, -0.15) is 4.98 Å². The molecule has 0 aliphatic heterocycles. The molecule has 8 heteroatoms. The first-order chi connectivity index (χ1) is 11.8. The SMILES string of the molecule is C=CCNc1nnc(SCc2nc(-c3ccc(CC)cc3)no2)s1. The molecular formula is C16H17N5OS2. The Morgan fingerprint density at radius 3 is 2.88 bits per heavy atom. The maximum atomic E-state index is 5.31. The number of nitrogens with zero attached hydrogens (tertiary/aromatic N) is 4. The van der Waals surface area contributed by atoms with Crippen LogP contribution in [0.4, 0.5) is 5.13 Å². The minimum absolute atomic E-state index is 0.566. The highest BCUT2D eigenvalue weighted by molar-refractivity contribution is 8.00. The normalized spacial score (nSPS) is 10.7. The summed E-state index contributed by atoms with van der Waals surface area (Å²) >= 11 is 3.02. The second kappa shape index (κ2) is 8.07. The molecule has 0 spiro atoms. The molecule has 0 unspecified atom stereocenters. The van der Waals surface area contributed by atoms with Crippen molar-refractivity contribution in [3.05, 3.63) is 48.4 Å². The van der Waals surface area contributed by atoms with Gasteiger partial charge in [0.25, 0.3) is 0 Å². The topological polar surface area (TPSA) is 76.7 Å². The van der Waals surface area contributed by atoms with E-state index in [9.17, 15) is 0 Å². The molecule has 0 radical (unpaired) electrons. The molecule has 3 aromatic rings. The van der Waals surface area contributed by atoms with Gasteiger partial charge in [-0.05, 0) is 12.0 Å². The van der Waals surface area contributed by atoms with Crippen LogP contribution in [0.25, 0.3) is 11.4 Å². The number of hydrogen-bond acceptors (Lipinski definition) is 8. The van der Waals surface area contributed by atoms with Crippen molar-refractivity contribution in [2.24, 2.45) is 0 Å². The highest BCUT2D eigenvalue weighted by Crippen LogP contribution is 2.28. The smallest absolute Gasteiger partial charge is 0.237 e. The number of aromatic nitrogens is 4. The summed E-state index contributed by atoms with van der Waals surface area (Å²) in [5.74, 6) is 1.75. The second-order valence-corrected chi connectivity index (χ2v) is 7.09. The van der Waals surface area contributed by atoms with E-state index in [4.69, 9.17) is 4.52 Å². The van der Waals surface area contributed by atoms with Crippen LogP contribution in [0.3, 0.4) is 0 Å². The summed E-state index contributed by atoms with van der Waals surface area (Å²) in [4.78, 5) is 4.44. The van der Waals surface area contributed by atoms with E-state index in [-0.39, 0.29) is 0 Å². The summed E-state index contributed by atoms with van der Waals surface area (Å²) in [5.41, 5.74) is 2.24. The van der Waals surface area contributed by atoms with Crippen LogP contribution in [0.2, 0.25) is 0 Å². The van der Waals surface area contributed by atoms with Crippen molar-refractivity contribution >= 4 is 28.2 Å². The largest absolute Gasteiger partial charge is 0.357 e. The number of nitrogens with one attached hydrogen (secondary N) is 1. The first kappa shape index (κ1) is 16.7. The van der Waals surface area contributed by atoms with Crippen molar-refractivity contribution < 1.29 is 4.52 Å². The molecule has 0 aliphatic carbocycles. The van der Waals surface area contributed by atoms with Crippen LogP contribution in [0, 0.1) is 0 Å². The van der Waals surface area contributed by atoms with E-state index >= 15 is 0 Å². The highest BCUT2D eigenvalue weighted by Gasteiger charge is 2.11. The number of rotatable bonds is 8. The molecule has 0 aliphatic rings. The highest BCUT2D eigenvalue weighted by atomic mass is 32.2. The zero-order valence-electron chi connectivity index (χ0n) is 13.2. The molecule has 6 nitrogen and oxygen atoms in total. The minimum atomic E-state index is 0.566. The van der Waals surface area contributed by atoms with Gasteiger partial charge in [-0.3, -0.25) is 0 Å². The molecule has 0 bridgehead atoms. The summed E-state index contributed by atoms with van der Waals surface area (Å²) in [6.45, 7) is 6.46. The summed E-state index contributed by atoms with van der Waals surface area (Å²) in [6, 6.07) is 8.20. The molecule has 3 rings (SSSR count). The summed E-state index contributed by atoms with van der Waals surface area (Å²) < 4.78 is 6.17. The van der Waals surface area contributed by atoms with Gasteiger partial charge in [-0.1, -0.05) is 65.5 Å². The Balaban J connectivity index is 1.59. The molecule has 24 heavy (non-hydrogen) atoms. The molecule has 0 fully saturated rings. The molecule has 0 atom stereocenters. The number of benzene rings is 1. The van der Waals surface area contributed by atoms with Crippen LogP contribution in [0.5, 0.6) is 0 Å². The molecular weight excluding hydrogens is 342 g/mol. The Bertz CT molecular complexity index is 797. The summed E-state index contributed by atoms with van der Waals surface area (Å²) in [7, 11) is 0. The van der Waals surface area contributed by atoms with E-state index < -0.39 is 0 Å². The monoisotopic (exact) mass is 359 g/mol. The number of anilines is 1. The maximum absolute atomic E-state index is 5.31. The molecule has 1 N–H and O–H groups in total. The average molecular weight is 359 g/mol. The van der Waals surface area contributed by atoms with Gasteiger partial charge in [0.05, 0.1) is 5.75 Å². The lowest BCUT2D eigenvalue weighted by Gasteiger charge is -1.97. The van der Waals surface area contributed by atoms with Crippen LogP contribution in [0.1, 0.15) is 18.4 Å². The Hall–Kier alpha value is -2.19. The van der Waals surface area contributed by atoms with Gasteiger partial charge in [0.1, 0.15) is 0 Å². The van der Waals surface area contributed by atoms with Crippen molar-refractivity contribution in [1.82, 2.24) is 20.3 Å². The molecule has 0 saturated heterocycles. The fourth-order valence-corrected chi connectivity index (χ4v) is 3.54. The molecule has 124 valence electrons. The summed E-state index contributed by atoms with van der Waals surface area (Å²) in [5, 5.41) is 16.1. The van der Waals surface area contributed by atoms with Crippen LogP contribution >= 0.6 is 23.1 Å². The predicted octanol–water partition coefficient (Wildman–Crippen LogP) is 4.04. The average Bonchev–Trinajstić information content (AvgIpc) is 3.27. The Kier molecular flexibility index (Phi) is 5.60. The number of aryl methyl sites for hydroxylation is 1. The van der Waals surface area contributed by atoms with Gasteiger partial charge in [-0.25, -0.2) is 0 Å². The van der Waals surface area contributed by atoms with E-state index in [1.807, 2.05) is 12.1 Å². The van der Waals surface area contributed by atoms with E-state index in [1.165, 1.54) is 28.7 Å². The Morgan fingerprint density at radius 1 is 1.29 bits per heavy atom. The lowest BCUT2D eigenvalue weighted by Crippen LogP contribution is -1.96. The quantitative estimate of drug-likeness (QED) is 0.480. The maximum Gasteiger partial charge on any atom is 0.237 e. The van der Waals surface area contributed by atoms with Gasteiger partial charge < -0.3 is 9.84 Å². The van der Waals surface area contributed by atoms with Crippen molar-refractivity contribution in [2.45, 2.75) is 23.4 Å². The number of thioether (sulfide) groups is 1. The first-order valence-electron chi connectivity index (χ1n) is 7.51. The van der Waals surface area contributed by atoms with Gasteiger partial charge in [-0.15, -0.1) is 16.8 Å². The second-order valence-electron chi connectivity index (χ2n) is 4.89. The third-order valence-electron chi connectivity index (χ3n) is 3.21. The minimum Gasteiger partial charge on any atom is -0.357 e. The zero-order chi connectivity index (χ0) is 16.8. The summed E-state index contributed by atoms with van der Waals surface area (Å²) in [6.07, 6.45) is 2.79. The van der Waals surface area contributed by atoms with E-state index in [1.54, 1.807) is 6.08 Å². The van der Waals surface area contributed by atoms with E-state index in [0.717, 1.165) is 21.5 Å². The predicted molar refractivity (Wildman–Crippen MR) is 97.3 cm³/mol.